The van der Waals surface area contributed by atoms with Crippen molar-refractivity contribution in [3.8, 4) is 22.8 Å². The Labute approximate surface area is 166 Å². The zero-order valence-corrected chi connectivity index (χ0v) is 15.6. The molecule has 2 aromatic carbocycles. The molecule has 0 aliphatic heterocycles. The number of nitrogens with zero attached hydrogens (tertiary/aromatic N) is 4. The smallest absolute Gasteiger partial charge is 0.293 e. The van der Waals surface area contributed by atoms with Crippen molar-refractivity contribution in [2.75, 3.05) is 5.32 Å². The molecule has 0 aliphatic rings. The van der Waals surface area contributed by atoms with Crippen LogP contribution in [0.25, 0.3) is 22.8 Å². The summed E-state index contributed by atoms with van der Waals surface area (Å²) in [4.78, 5) is 19.7. The summed E-state index contributed by atoms with van der Waals surface area (Å²) < 4.78 is 5.33. The van der Waals surface area contributed by atoms with Crippen LogP contribution < -0.4 is 5.32 Å². The van der Waals surface area contributed by atoms with Crippen LogP contribution in [0.1, 0.15) is 11.3 Å². The standard InChI is InChI=1S/C21H17N5O3/c1-14-5-4-6-15(11-14)20-24-21(29-25-20)16-8-9-18(19(12-16)26(27)28)23-13-17-7-2-3-10-22-17/h2-12,23H,13H2,1H3. The largest absolute Gasteiger partial charge is 0.374 e. The van der Waals surface area contributed by atoms with Gasteiger partial charge in [0.1, 0.15) is 5.69 Å². The number of nitro groups is 1. The molecule has 29 heavy (non-hydrogen) atoms. The van der Waals surface area contributed by atoms with Gasteiger partial charge in [-0.2, -0.15) is 4.98 Å². The third-order valence-corrected chi connectivity index (χ3v) is 4.33. The maximum atomic E-state index is 11.6. The molecule has 4 rings (SSSR count). The number of hydrogen-bond donors (Lipinski definition) is 1. The molecule has 0 saturated heterocycles. The quantitative estimate of drug-likeness (QED) is 0.380. The van der Waals surface area contributed by atoms with Gasteiger partial charge in [-0.05, 0) is 37.3 Å². The maximum Gasteiger partial charge on any atom is 0.293 e. The summed E-state index contributed by atoms with van der Waals surface area (Å²) >= 11 is 0. The van der Waals surface area contributed by atoms with Gasteiger partial charge in [-0.25, -0.2) is 0 Å². The van der Waals surface area contributed by atoms with Crippen LogP contribution in [0.5, 0.6) is 0 Å². The number of anilines is 1. The summed E-state index contributed by atoms with van der Waals surface area (Å²) in [5, 5.41) is 18.6. The van der Waals surface area contributed by atoms with Gasteiger partial charge in [0.15, 0.2) is 0 Å². The second-order valence-electron chi connectivity index (χ2n) is 6.46. The Morgan fingerprint density at radius 2 is 1.97 bits per heavy atom. The molecule has 1 N–H and O–H groups in total. The number of aromatic nitrogens is 3. The molecule has 0 bridgehead atoms. The number of rotatable bonds is 6. The van der Waals surface area contributed by atoms with Gasteiger partial charge in [0.25, 0.3) is 11.6 Å². The van der Waals surface area contributed by atoms with E-state index in [1.807, 2.05) is 49.4 Å². The highest BCUT2D eigenvalue weighted by Crippen LogP contribution is 2.31. The molecule has 0 saturated carbocycles. The average molecular weight is 387 g/mol. The zero-order chi connectivity index (χ0) is 20.2. The predicted octanol–water partition coefficient (Wildman–Crippen LogP) is 4.63. The summed E-state index contributed by atoms with van der Waals surface area (Å²) in [6, 6.07) is 18.0. The van der Waals surface area contributed by atoms with E-state index >= 15 is 0 Å². The van der Waals surface area contributed by atoms with Gasteiger partial charge in [-0.3, -0.25) is 15.1 Å². The zero-order valence-electron chi connectivity index (χ0n) is 15.6. The molecular formula is C21H17N5O3. The van der Waals surface area contributed by atoms with Crippen LogP contribution in [0.4, 0.5) is 11.4 Å². The van der Waals surface area contributed by atoms with E-state index in [-0.39, 0.29) is 11.6 Å². The fourth-order valence-corrected chi connectivity index (χ4v) is 2.90. The van der Waals surface area contributed by atoms with Crippen LogP contribution in [0.2, 0.25) is 0 Å². The minimum absolute atomic E-state index is 0.0752. The third-order valence-electron chi connectivity index (χ3n) is 4.33. The first-order valence-corrected chi connectivity index (χ1v) is 8.93. The highest BCUT2D eigenvalue weighted by atomic mass is 16.6. The Hall–Kier alpha value is -4.07. The van der Waals surface area contributed by atoms with Crippen LogP contribution >= 0.6 is 0 Å². The molecule has 4 aromatic rings. The summed E-state index contributed by atoms with van der Waals surface area (Å²) in [5.41, 5.74) is 3.48. The van der Waals surface area contributed by atoms with Crippen molar-refractivity contribution in [2.24, 2.45) is 0 Å². The summed E-state index contributed by atoms with van der Waals surface area (Å²) in [6.45, 7) is 2.35. The van der Waals surface area contributed by atoms with Crippen molar-refractivity contribution in [1.82, 2.24) is 15.1 Å². The predicted molar refractivity (Wildman–Crippen MR) is 108 cm³/mol. The number of aryl methyl sites for hydroxylation is 1. The van der Waals surface area contributed by atoms with Crippen LogP contribution in [0, 0.1) is 17.0 Å². The number of benzene rings is 2. The van der Waals surface area contributed by atoms with Crippen molar-refractivity contribution >= 4 is 11.4 Å². The summed E-state index contributed by atoms with van der Waals surface area (Å²) in [6.07, 6.45) is 1.68. The molecule has 0 radical (unpaired) electrons. The van der Waals surface area contributed by atoms with Crippen LogP contribution in [0.3, 0.4) is 0 Å². The van der Waals surface area contributed by atoms with Crippen molar-refractivity contribution in [1.29, 1.82) is 0 Å². The first-order valence-electron chi connectivity index (χ1n) is 8.93. The van der Waals surface area contributed by atoms with Crippen molar-refractivity contribution in [2.45, 2.75) is 13.5 Å². The lowest BCUT2D eigenvalue weighted by atomic mass is 10.1. The monoisotopic (exact) mass is 387 g/mol. The second-order valence-corrected chi connectivity index (χ2v) is 6.46. The average Bonchev–Trinajstić information content (AvgIpc) is 3.23. The van der Waals surface area contributed by atoms with E-state index in [9.17, 15) is 10.1 Å². The number of hydrogen-bond acceptors (Lipinski definition) is 7. The van der Waals surface area contributed by atoms with Crippen LogP contribution in [-0.4, -0.2) is 20.0 Å². The van der Waals surface area contributed by atoms with Gasteiger partial charge in [0.2, 0.25) is 5.82 Å². The van der Waals surface area contributed by atoms with Gasteiger partial charge in [-0.15, -0.1) is 0 Å². The molecule has 0 unspecified atom stereocenters. The Bertz CT molecular complexity index is 1160. The normalized spacial score (nSPS) is 10.7. The molecule has 2 heterocycles. The van der Waals surface area contributed by atoms with E-state index in [1.54, 1.807) is 18.3 Å². The van der Waals surface area contributed by atoms with E-state index in [1.165, 1.54) is 6.07 Å². The van der Waals surface area contributed by atoms with Crippen LogP contribution in [0.15, 0.2) is 71.4 Å². The third kappa shape index (κ3) is 4.11. The van der Waals surface area contributed by atoms with Gasteiger partial charge >= 0.3 is 0 Å². The fraction of sp³-hybridized carbons (Fsp3) is 0.0952. The molecular weight excluding hydrogens is 370 g/mol. The van der Waals surface area contributed by atoms with E-state index < -0.39 is 4.92 Å². The van der Waals surface area contributed by atoms with Crippen molar-refractivity contribution in [3.05, 3.63) is 88.2 Å². The Morgan fingerprint density at radius 3 is 2.72 bits per heavy atom. The van der Waals surface area contributed by atoms with Crippen LogP contribution in [-0.2, 0) is 6.54 Å². The second kappa shape index (κ2) is 7.89. The topological polar surface area (TPSA) is 107 Å². The van der Waals surface area contributed by atoms with E-state index in [4.69, 9.17) is 4.52 Å². The van der Waals surface area contributed by atoms with Gasteiger partial charge < -0.3 is 9.84 Å². The lowest BCUT2D eigenvalue weighted by Gasteiger charge is -2.07. The molecule has 0 atom stereocenters. The lowest BCUT2D eigenvalue weighted by Crippen LogP contribution is -2.04. The number of nitrogens with one attached hydrogen (secondary N) is 1. The molecule has 8 heteroatoms. The Morgan fingerprint density at radius 1 is 1.07 bits per heavy atom. The van der Waals surface area contributed by atoms with Gasteiger partial charge in [0.05, 0.1) is 17.2 Å². The van der Waals surface area contributed by atoms with Gasteiger partial charge in [-0.1, -0.05) is 35.0 Å². The maximum absolute atomic E-state index is 11.6. The summed E-state index contributed by atoms with van der Waals surface area (Å²) in [5.74, 6) is 0.657. The minimum Gasteiger partial charge on any atom is -0.374 e. The van der Waals surface area contributed by atoms with Crippen molar-refractivity contribution < 1.29 is 9.45 Å². The SMILES string of the molecule is Cc1cccc(-c2noc(-c3ccc(NCc4ccccn4)c([N+](=O)[O-])c3)n2)c1. The molecule has 8 nitrogen and oxygen atoms in total. The Kier molecular flexibility index (Phi) is 4.98. The number of pyridine rings is 1. The first-order chi connectivity index (χ1) is 14.1. The molecule has 144 valence electrons. The highest BCUT2D eigenvalue weighted by molar-refractivity contribution is 5.70. The van der Waals surface area contributed by atoms with E-state index in [0.29, 0.717) is 23.6 Å². The first kappa shape index (κ1) is 18.3. The van der Waals surface area contributed by atoms with Crippen molar-refractivity contribution in [3.63, 3.8) is 0 Å². The van der Waals surface area contributed by atoms with Gasteiger partial charge in [0, 0.05) is 23.4 Å². The lowest BCUT2D eigenvalue weighted by molar-refractivity contribution is -0.383. The fourth-order valence-electron chi connectivity index (χ4n) is 2.90. The molecule has 0 spiro atoms. The Balaban J connectivity index is 1.60. The molecule has 0 fully saturated rings. The highest BCUT2D eigenvalue weighted by Gasteiger charge is 2.18. The van der Waals surface area contributed by atoms with E-state index in [0.717, 1.165) is 16.8 Å². The molecule has 0 aliphatic carbocycles. The minimum atomic E-state index is -0.442. The van der Waals surface area contributed by atoms with E-state index in [2.05, 4.69) is 20.4 Å². The summed E-state index contributed by atoms with van der Waals surface area (Å²) in [7, 11) is 0. The molecule has 0 amide bonds. The molecule has 2 aromatic heterocycles. The number of nitro benzene ring substituents is 1.